The highest BCUT2D eigenvalue weighted by Crippen LogP contribution is 2.21. The van der Waals surface area contributed by atoms with Crippen molar-refractivity contribution in [1.29, 1.82) is 0 Å². The van der Waals surface area contributed by atoms with Crippen LogP contribution in [0.1, 0.15) is 20.8 Å². The molecule has 0 aliphatic carbocycles. The van der Waals surface area contributed by atoms with E-state index in [0.29, 0.717) is 0 Å². The zero-order chi connectivity index (χ0) is 13.7. The molecule has 0 amide bonds. The van der Waals surface area contributed by atoms with Gasteiger partial charge in [-0.05, 0) is 0 Å². The van der Waals surface area contributed by atoms with Gasteiger partial charge in [0.1, 0.15) is 12.9 Å². The van der Waals surface area contributed by atoms with Gasteiger partial charge < -0.3 is 18.9 Å². The van der Waals surface area contributed by atoms with E-state index in [1.807, 2.05) is 0 Å². The molecule has 2 atom stereocenters. The SMILES string of the molecule is CC(=O)OC1=COC[C@H](OC(C)=O)[C@H]1OC(C)=O. The predicted molar refractivity (Wildman–Crippen MR) is 56.9 cm³/mol. The number of hydrogen-bond acceptors (Lipinski definition) is 7. The van der Waals surface area contributed by atoms with Crippen LogP contribution in [0.25, 0.3) is 0 Å². The van der Waals surface area contributed by atoms with Gasteiger partial charge in [-0.1, -0.05) is 0 Å². The molecule has 0 radical (unpaired) electrons. The van der Waals surface area contributed by atoms with Gasteiger partial charge in [-0.2, -0.15) is 0 Å². The van der Waals surface area contributed by atoms with Gasteiger partial charge in [0.25, 0.3) is 0 Å². The molecule has 0 fully saturated rings. The number of carbonyl (C=O) groups is 3. The second kappa shape index (κ2) is 6.04. The lowest BCUT2D eigenvalue weighted by molar-refractivity contribution is -0.173. The van der Waals surface area contributed by atoms with Crippen LogP contribution in [-0.4, -0.2) is 36.7 Å². The first-order valence-corrected chi connectivity index (χ1v) is 5.24. The van der Waals surface area contributed by atoms with E-state index in [0.717, 1.165) is 6.26 Å². The van der Waals surface area contributed by atoms with Crippen LogP contribution in [0.4, 0.5) is 0 Å². The minimum atomic E-state index is -0.982. The van der Waals surface area contributed by atoms with Gasteiger partial charge >= 0.3 is 17.9 Å². The molecular weight excluding hydrogens is 244 g/mol. The molecule has 7 heteroatoms. The standard InChI is InChI=1S/C11H14O7/c1-6(12)16-9-4-15-5-10(17-7(2)13)11(9)18-8(3)14/h4,10-11H,5H2,1-3H3/t10-,11-/m0/s1. The van der Waals surface area contributed by atoms with Crippen molar-refractivity contribution in [2.24, 2.45) is 0 Å². The van der Waals surface area contributed by atoms with Crippen molar-refractivity contribution in [3.8, 4) is 0 Å². The van der Waals surface area contributed by atoms with E-state index in [1.165, 1.54) is 20.8 Å². The monoisotopic (exact) mass is 258 g/mol. The third-order valence-corrected chi connectivity index (χ3v) is 1.95. The number of ether oxygens (including phenoxy) is 4. The molecule has 0 spiro atoms. The predicted octanol–water partition coefficient (Wildman–Crippen LogP) is 0.284. The molecule has 7 nitrogen and oxygen atoms in total. The molecule has 0 saturated heterocycles. The van der Waals surface area contributed by atoms with Crippen LogP contribution < -0.4 is 0 Å². The van der Waals surface area contributed by atoms with E-state index in [4.69, 9.17) is 18.9 Å². The number of esters is 3. The summed E-state index contributed by atoms with van der Waals surface area (Å²) in [6, 6.07) is 0. The Hall–Kier alpha value is -2.05. The summed E-state index contributed by atoms with van der Waals surface area (Å²) >= 11 is 0. The smallest absolute Gasteiger partial charge is 0.307 e. The maximum absolute atomic E-state index is 11.0. The molecule has 0 aromatic carbocycles. The molecule has 1 aliphatic heterocycles. The van der Waals surface area contributed by atoms with Crippen molar-refractivity contribution in [3.05, 3.63) is 12.0 Å². The molecule has 0 saturated carbocycles. The van der Waals surface area contributed by atoms with Crippen LogP contribution in [0, 0.1) is 0 Å². The minimum Gasteiger partial charge on any atom is -0.493 e. The van der Waals surface area contributed by atoms with E-state index < -0.39 is 30.1 Å². The highest BCUT2D eigenvalue weighted by atomic mass is 16.6. The molecule has 100 valence electrons. The maximum atomic E-state index is 11.0. The fourth-order valence-corrected chi connectivity index (χ4v) is 1.43. The topological polar surface area (TPSA) is 88.1 Å². The number of carbonyl (C=O) groups excluding carboxylic acids is 3. The summed E-state index contributed by atoms with van der Waals surface area (Å²) in [7, 11) is 0. The van der Waals surface area contributed by atoms with Crippen LogP contribution in [0.2, 0.25) is 0 Å². The molecule has 0 N–H and O–H groups in total. The van der Waals surface area contributed by atoms with E-state index in [1.54, 1.807) is 0 Å². The molecule has 18 heavy (non-hydrogen) atoms. The Bertz CT molecular complexity index is 385. The van der Waals surface area contributed by atoms with Gasteiger partial charge in [0.2, 0.25) is 6.10 Å². The molecule has 1 heterocycles. The summed E-state index contributed by atoms with van der Waals surface area (Å²) < 4.78 is 19.8. The van der Waals surface area contributed by atoms with Gasteiger partial charge in [0, 0.05) is 20.8 Å². The van der Waals surface area contributed by atoms with Crippen molar-refractivity contribution in [1.82, 2.24) is 0 Å². The second-order valence-corrected chi connectivity index (χ2v) is 3.63. The summed E-state index contributed by atoms with van der Waals surface area (Å²) in [4.78, 5) is 32.8. The fourth-order valence-electron chi connectivity index (χ4n) is 1.43. The van der Waals surface area contributed by atoms with Crippen molar-refractivity contribution in [2.45, 2.75) is 33.0 Å². The van der Waals surface area contributed by atoms with Crippen LogP contribution >= 0.6 is 0 Å². The third-order valence-electron chi connectivity index (χ3n) is 1.95. The number of hydrogen-bond donors (Lipinski definition) is 0. The lowest BCUT2D eigenvalue weighted by Crippen LogP contribution is -2.42. The Labute approximate surface area is 104 Å². The van der Waals surface area contributed by atoms with Crippen LogP contribution in [0.3, 0.4) is 0 Å². The summed E-state index contributed by atoms with van der Waals surface area (Å²) in [5.41, 5.74) is 0. The van der Waals surface area contributed by atoms with Crippen molar-refractivity contribution >= 4 is 17.9 Å². The Morgan fingerprint density at radius 2 is 1.72 bits per heavy atom. The molecule has 0 aromatic rings. The molecule has 0 aromatic heterocycles. The molecular formula is C11H14O7. The average molecular weight is 258 g/mol. The zero-order valence-electron chi connectivity index (χ0n) is 10.3. The first kappa shape index (κ1) is 14.0. The largest absolute Gasteiger partial charge is 0.493 e. The molecule has 1 rings (SSSR count). The van der Waals surface area contributed by atoms with Crippen LogP contribution in [0.5, 0.6) is 0 Å². The maximum Gasteiger partial charge on any atom is 0.307 e. The van der Waals surface area contributed by atoms with Crippen LogP contribution in [0.15, 0.2) is 12.0 Å². The number of rotatable bonds is 3. The minimum absolute atomic E-state index is 0.00444. The van der Waals surface area contributed by atoms with Gasteiger partial charge in [-0.25, -0.2) is 0 Å². The van der Waals surface area contributed by atoms with Gasteiger partial charge in [-0.15, -0.1) is 0 Å². The Kier molecular flexibility index (Phi) is 4.70. The zero-order valence-corrected chi connectivity index (χ0v) is 10.3. The Morgan fingerprint density at radius 3 is 2.22 bits per heavy atom. The second-order valence-electron chi connectivity index (χ2n) is 3.63. The summed E-state index contributed by atoms with van der Waals surface area (Å²) in [6.07, 6.45) is -0.663. The summed E-state index contributed by atoms with van der Waals surface area (Å²) in [5, 5.41) is 0. The van der Waals surface area contributed by atoms with Gasteiger partial charge in [0.05, 0.1) is 0 Å². The quantitative estimate of drug-likeness (QED) is 0.530. The Balaban J connectivity index is 2.86. The van der Waals surface area contributed by atoms with E-state index >= 15 is 0 Å². The molecule has 0 bridgehead atoms. The van der Waals surface area contributed by atoms with Gasteiger partial charge in [0.15, 0.2) is 11.9 Å². The summed E-state index contributed by atoms with van der Waals surface area (Å²) in [6.45, 7) is 3.63. The van der Waals surface area contributed by atoms with E-state index in [9.17, 15) is 14.4 Å². The fraction of sp³-hybridized carbons (Fsp3) is 0.545. The van der Waals surface area contributed by atoms with Crippen molar-refractivity contribution in [3.63, 3.8) is 0 Å². The first-order chi connectivity index (χ1) is 8.40. The molecule has 1 aliphatic rings. The summed E-state index contributed by atoms with van der Waals surface area (Å²) in [5.74, 6) is -1.73. The lowest BCUT2D eigenvalue weighted by Gasteiger charge is -2.29. The van der Waals surface area contributed by atoms with E-state index in [-0.39, 0.29) is 12.4 Å². The average Bonchev–Trinajstić information content (AvgIpc) is 2.20. The normalized spacial score (nSPS) is 22.3. The third kappa shape index (κ3) is 4.08. The van der Waals surface area contributed by atoms with Gasteiger partial charge in [-0.3, -0.25) is 14.4 Å². The first-order valence-electron chi connectivity index (χ1n) is 5.24. The van der Waals surface area contributed by atoms with Crippen molar-refractivity contribution in [2.75, 3.05) is 6.61 Å². The van der Waals surface area contributed by atoms with Crippen LogP contribution in [-0.2, 0) is 33.3 Å². The molecule has 0 unspecified atom stereocenters. The highest BCUT2D eigenvalue weighted by molar-refractivity contribution is 5.69. The highest BCUT2D eigenvalue weighted by Gasteiger charge is 2.36. The Morgan fingerprint density at radius 1 is 1.11 bits per heavy atom. The lowest BCUT2D eigenvalue weighted by atomic mass is 10.1. The van der Waals surface area contributed by atoms with E-state index in [2.05, 4.69) is 0 Å². The van der Waals surface area contributed by atoms with Crippen molar-refractivity contribution < 1.29 is 33.3 Å².